The van der Waals surface area contributed by atoms with Gasteiger partial charge in [0.25, 0.3) is 0 Å². The largest absolute Gasteiger partial charge is 0.493 e. The van der Waals surface area contributed by atoms with E-state index in [-0.39, 0.29) is 6.61 Å². The number of halogens is 3. The number of aliphatic hydroxyl groups excluding tert-OH is 1. The van der Waals surface area contributed by atoms with E-state index in [0.29, 0.717) is 34.6 Å². The second-order valence-corrected chi connectivity index (χ2v) is 8.32. The monoisotopic (exact) mass is 509 g/mol. The summed E-state index contributed by atoms with van der Waals surface area (Å²) in [6.07, 6.45) is -0.570. The molecule has 0 spiro atoms. The van der Waals surface area contributed by atoms with Crippen LogP contribution in [-0.4, -0.2) is 18.8 Å². The van der Waals surface area contributed by atoms with Crippen LogP contribution in [0, 0.1) is 0 Å². The molecule has 3 rings (SSSR count). The van der Waals surface area contributed by atoms with Crippen LogP contribution < -0.4 is 14.8 Å². The quantitative estimate of drug-likeness (QED) is 0.361. The van der Waals surface area contributed by atoms with E-state index < -0.39 is 6.10 Å². The van der Waals surface area contributed by atoms with Gasteiger partial charge in [0.2, 0.25) is 0 Å². The van der Waals surface area contributed by atoms with Gasteiger partial charge in [-0.3, -0.25) is 0 Å². The highest BCUT2D eigenvalue weighted by Crippen LogP contribution is 2.38. The van der Waals surface area contributed by atoms with Gasteiger partial charge in [-0.15, -0.1) is 0 Å². The summed E-state index contributed by atoms with van der Waals surface area (Å²) in [6, 6.07) is 18.8. The van der Waals surface area contributed by atoms with E-state index in [1.54, 1.807) is 25.3 Å². The Kier molecular flexibility index (Phi) is 8.42. The van der Waals surface area contributed by atoms with Crippen molar-refractivity contribution >= 4 is 39.1 Å². The van der Waals surface area contributed by atoms with Gasteiger partial charge in [-0.2, -0.15) is 0 Å². The summed E-state index contributed by atoms with van der Waals surface area (Å²) >= 11 is 16.0. The minimum atomic E-state index is -0.570. The van der Waals surface area contributed by atoms with Crippen LogP contribution in [0.4, 0.5) is 0 Å². The first-order valence-electron chi connectivity index (χ1n) is 9.35. The molecule has 0 amide bonds. The van der Waals surface area contributed by atoms with E-state index in [9.17, 15) is 5.11 Å². The standard InChI is InChI=1S/C23H22BrCl2NO3/c1-29-22-11-15(12-27-13-21(28)16-6-3-2-4-7-16)10-18(24)23(22)30-14-17-19(25)8-5-9-20(17)26/h2-11,21,27-28H,12-14H2,1H3. The molecule has 3 aromatic carbocycles. The first-order chi connectivity index (χ1) is 14.5. The first kappa shape index (κ1) is 22.9. The van der Waals surface area contributed by atoms with Crippen molar-refractivity contribution in [2.24, 2.45) is 0 Å². The molecule has 0 fully saturated rings. The van der Waals surface area contributed by atoms with Gasteiger partial charge < -0.3 is 19.9 Å². The number of hydrogen-bond acceptors (Lipinski definition) is 4. The highest BCUT2D eigenvalue weighted by Gasteiger charge is 2.14. The lowest BCUT2D eigenvalue weighted by Crippen LogP contribution is -2.21. The van der Waals surface area contributed by atoms with E-state index in [0.717, 1.165) is 21.2 Å². The summed E-state index contributed by atoms with van der Waals surface area (Å²) in [5.41, 5.74) is 2.59. The Morgan fingerprint density at radius 3 is 2.40 bits per heavy atom. The molecule has 0 aliphatic rings. The highest BCUT2D eigenvalue weighted by atomic mass is 79.9. The van der Waals surface area contributed by atoms with Gasteiger partial charge in [-0.05, 0) is 51.3 Å². The summed E-state index contributed by atoms with van der Waals surface area (Å²) in [5.74, 6) is 1.16. The number of hydrogen-bond donors (Lipinski definition) is 2. The van der Waals surface area contributed by atoms with E-state index in [1.165, 1.54) is 0 Å². The Morgan fingerprint density at radius 1 is 1.03 bits per heavy atom. The van der Waals surface area contributed by atoms with E-state index >= 15 is 0 Å². The maximum atomic E-state index is 10.3. The highest BCUT2D eigenvalue weighted by molar-refractivity contribution is 9.10. The van der Waals surface area contributed by atoms with Crippen molar-refractivity contribution in [3.63, 3.8) is 0 Å². The van der Waals surface area contributed by atoms with Crippen LogP contribution in [-0.2, 0) is 13.2 Å². The average molecular weight is 511 g/mol. The fourth-order valence-electron chi connectivity index (χ4n) is 2.98. The van der Waals surface area contributed by atoms with Crippen LogP contribution in [0.1, 0.15) is 22.8 Å². The molecule has 4 nitrogen and oxygen atoms in total. The molecule has 0 aliphatic carbocycles. The smallest absolute Gasteiger partial charge is 0.175 e. The zero-order valence-corrected chi connectivity index (χ0v) is 19.5. The lowest BCUT2D eigenvalue weighted by atomic mass is 10.1. The molecule has 0 saturated carbocycles. The van der Waals surface area contributed by atoms with Crippen molar-refractivity contribution in [1.29, 1.82) is 0 Å². The second-order valence-electron chi connectivity index (χ2n) is 6.66. The lowest BCUT2D eigenvalue weighted by Gasteiger charge is -2.16. The van der Waals surface area contributed by atoms with Crippen LogP contribution in [0.2, 0.25) is 10.0 Å². The van der Waals surface area contributed by atoms with Crippen LogP contribution in [0.25, 0.3) is 0 Å². The van der Waals surface area contributed by atoms with E-state index in [1.807, 2.05) is 42.5 Å². The third kappa shape index (κ3) is 5.90. The van der Waals surface area contributed by atoms with Crippen LogP contribution in [0.3, 0.4) is 0 Å². The Labute approximate surface area is 194 Å². The molecule has 7 heteroatoms. The molecule has 0 aromatic heterocycles. The Hall–Kier alpha value is -1.76. The predicted molar refractivity (Wildman–Crippen MR) is 125 cm³/mol. The summed E-state index contributed by atoms with van der Waals surface area (Å²) in [5, 5.41) is 14.7. The molecule has 0 bridgehead atoms. The summed E-state index contributed by atoms with van der Waals surface area (Å²) in [7, 11) is 1.59. The van der Waals surface area contributed by atoms with Gasteiger partial charge in [0, 0.05) is 28.7 Å². The number of methoxy groups -OCH3 is 1. The van der Waals surface area contributed by atoms with Gasteiger partial charge in [-0.1, -0.05) is 59.6 Å². The zero-order valence-electron chi connectivity index (χ0n) is 16.4. The molecule has 2 N–H and O–H groups in total. The molecule has 1 unspecified atom stereocenters. The number of nitrogens with one attached hydrogen (secondary N) is 1. The van der Waals surface area contributed by atoms with Crippen molar-refractivity contribution in [3.05, 3.63) is 91.9 Å². The molecule has 0 radical (unpaired) electrons. The Bertz CT molecular complexity index is 965. The number of rotatable bonds is 9. The maximum Gasteiger partial charge on any atom is 0.175 e. The molecular formula is C23H22BrCl2NO3. The van der Waals surface area contributed by atoms with Crippen molar-refractivity contribution in [2.45, 2.75) is 19.3 Å². The average Bonchev–Trinajstić information content (AvgIpc) is 2.74. The van der Waals surface area contributed by atoms with Gasteiger partial charge in [0.1, 0.15) is 6.61 Å². The van der Waals surface area contributed by atoms with Crippen LogP contribution in [0.5, 0.6) is 11.5 Å². The molecular weight excluding hydrogens is 489 g/mol. The van der Waals surface area contributed by atoms with Crippen LogP contribution in [0.15, 0.2) is 65.1 Å². The molecule has 0 heterocycles. The molecule has 1 atom stereocenters. The Balaban J connectivity index is 1.65. The van der Waals surface area contributed by atoms with Crippen molar-refractivity contribution in [3.8, 4) is 11.5 Å². The minimum Gasteiger partial charge on any atom is -0.493 e. The fraction of sp³-hybridized carbons (Fsp3) is 0.217. The van der Waals surface area contributed by atoms with Gasteiger partial charge in [0.05, 0.1) is 17.7 Å². The first-order valence-corrected chi connectivity index (χ1v) is 10.9. The normalized spacial score (nSPS) is 11.9. The summed E-state index contributed by atoms with van der Waals surface area (Å²) < 4.78 is 12.2. The van der Waals surface area contributed by atoms with Gasteiger partial charge in [-0.25, -0.2) is 0 Å². The second kappa shape index (κ2) is 11.0. The zero-order chi connectivity index (χ0) is 21.5. The van der Waals surface area contributed by atoms with E-state index in [2.05, 4.69) is 21.2 Å². The molecule has 3 aromatic rings. The van der Waals surface area contributed by atoms with Crippen molar-refractivity contribution in [1.82, 2.24) is 5.32 Å². The Morgan fingerprint density at radius 2 is 1.73 bits per heavy atom. The summed E-state index contributed by atoms with van der Waals surface area (Å²) in [4.78, 5) is 0. The third-order valence-electron chi connectivity index (χ3n) is 4.56. The van der Waals surface area contributed by atoms with Gasteiger partial charge in [0.15, 0.2) is 11.5 Å². The van der Waals surface area contributed by atoms with Gasteiger partial charge >= 0.3 is 0 Å². The minimum absolute atomic E-state index is 0.217. The lowest BCUT2D eigenvalue weighted by molar-refractivity contribution is 0.174. The molecule has 30 heavy (non-hydrogen) atoms. The fourth-order valence-corrected chi connectivity index (χ4v) is 4.09. The number of benzene rings is 3. The van der Waals surface area contributed by atoms with Crippen molar-refractivity contribution < 1.29 is 14.6 Å². The number of ether oxygens (including phenoxy) is 2. The topological polar surface area (TPSA) is 50.7 Å². The van der Waals surface area contributed by atoms with Crippen LogP contribution >= 0.6 is 39.1 Å². The summed E-state index contributed by atoms with van der Waals surface area (Å²) in [6.45, 7) is 1.22. The maximum absolute atomic E-state index is 10.3. The van der Waals surface area contributed by atoms with Crippen molar-refractivity contribution in [2.75, 3.05) is 13.7 Å². The molecule has 0 saturated heterocycles. The SMILES string of the molecule is COc1cc(CNCC(O)c2ccccc2)cc(Br)c1OCc1c(Cl)cccc1Cl. The van der Waals surface area contributed by atoms with E-state index in [4.69, 9.17) is 32.7 Å². The molecule has 158 valence electrons. The molecule has 0 aliphatic heterocycles. The predicted octanol–water partition coefficient (Wildman–Crippen LogP) is 6.17. The third-order valence-corrected chi connectivity index (χ3v) is 5.86. The number of aliphatic hydroxyl groups is 1.